The molecule has 0 aliphatic heterocycles. The normalized spacial score (nSPS) is 23.3. The van der Waals surface area contributed by atoms with Gasteiger partial charge in [-0.25, -0.2) is 0 Å². The van der Waals surface area contributed by atoms with Crippen LogP contribution in [0.4, 0.5) is 13.2 Å². The van der Waals surface area contributed by atoms with Gasteiger partial charge in [-0.2, -0.15) is 13.2 Å². The molecule has 0 aromatic carbocycles. The molecule has 0 saturated heterocycles. The summed E-state index contributed by atoms with van der Waals surface area (Å²) in [5.41, 5.74) is 0. The molecule has 2 atom stereocenters. The molecular weight excluding hydrogens is 285 g/mol. The molecule has 21 heavy (non-hydrogen) atoms. The molecule has 4 nitrogen and oxygen atoms in total. The van der Waals surface area contributed by atoms with Crippen molar-refractivity contribution >= 4 is 5.91 Å². The molecular formula is C14H25F3N2O2. The van der Waals surface area contributed by atoms with E-state index in [4.69, 9.17) is 4.74 Å². The molecule has 0 aromatic rings. The number of nitrogens with one attached hydrogen (secondary N) is 1. The molecule has 124 valence electrons. The largest absolute Gasteiger partial charge is 0.393 e. The quantitative estimate of drug-likeness (QED) is 0.733. The highest BCUT2D eigenvalue weighted by atomic mass is 19.4. The van der Waals surface area contributed by atoms with E-state index in [1.807, 2.05) is 0 Å². The van der Waals surface area contributed by atoms with Crippen LogP contribution in [0.25, 0.3) is 0 Å². The van der Waals surface area contributed by atoms with Gasteiger partial charge in [0.1, 0.15) is 0 Å². The van der Waals surface area contributed by atoms with Gasteiger partial charge in [0.2, 0.25) is 5.91 Å². The minimum atomic E-state index is -4.23. The average molecular weight is 310 g/mol. The number of amides is 1. The lowest BCUT2D eigenvalue weighted by molar-refractivity contribution is -0.189. The molecule has 1 amide bonds. The number of alkyl halides is 3. The van der Waals surface area contributed by atoms with Crippen molar-refractivity contribution in [2.45, 2.75) is 44.3 Å². The number of rotatable bonds is 7. The van der Waals surface area contributed by atoms with Gasteiger partial charge in [-0.3, -0.25) is 9.69 Å². The lowest BCUT2D eigenvalue weighted by Gasteiger charge is -2.33. The number of hydrogen-bond acceptors (Lipinski definition) is 3. The van der Waals surface area contributed by atoms with Crippen molar-refractivity contribution in [1.29, 1.82) is 0 Å². The van der Waals surface area contributed by atoms with E-state index in [0.717, 1.165) is 12.8 Å². The molecule has 0 heterocycles. The fourth-order valence-corrected chi connectivity index (χ4v) is 2.75. The van der Waals surface area contributed by atoms with Crippen molar-refractivity contribution in [2.24, 2.45) is 5.92 Å². The number of carbonyl (C=O) groups excluding carboxylic acids is 1. The molecule has 1 saturated carbocycles. The zero-order chi connectivity index (χ0) is 15.9. The number of hydrogen-bond donors (Lipinski definition) is 1. The number of carbonyl (C=O) groups is 1. The Kier molecular flexibility index (Phi) is 7.45. The second-order valence-corrected chi connectivity index (χ2v) is 5.69. The van der Waals surface area contributed by atoms with Crippen LogP contribution >= 0.6 is 0 Å². The first kappa shape index (κ1) is 18.2. The molecule has 0 bridgehead atoms. The summed E-state index contributed by atoms with van der Waals surface area (Å²) in [6.45, 7) is 1.39. The van der Waals surface area contributed by atoms with Gasteiger partial charge in [0, 0.05) is 26.3 Å². The van der Waals surface area contributed by atoms with Crippen LogP contribution in [0.3, 0.4) is 0 Å². The fraction of sp³-hybridized carbons (Fsp3) is 0.929. The first-order valence-electron chi connectivity index (χ1n) is 7.38. The molecule has 1 N–H and O–H groups in total. The van der Waals surface area contributed by atoms with Gasteiger partial charge in [-0.15, -0.1) is 0 Å². The molecule has 1 fully saturated rings. The Morgan fingerprint density at radius 2 is 2.00 bits per heavy atom. The van der Waals surface area contributed by atoms with Gasteiger partial charge >= 0.3 is 6.18 Å². The average Bonchev–Trinajstić information content (AvgIpc) is 2.38. The molecule has 2 unspecified atom stereocenters. The highest BCUT2D eigenvalue weighted by Gasteiger charge is 2.45. The van der Waals surface area contributed by atoms with Crippen LogP contribution in [0, 0.1) is 5.92 Å². The topological polar surface area (TPSA) is 41.6 Å². The highest BCUT2D eigenvalue weighted by Crippen LogP contribution is 2.37. The van der Waals surface area contributed by atoms with E-state index in [2.05, 4.69) is 5.32 Å². The maximum atomic E-state index is 12.9. The van der Waals surface area contributed by atoms with Crippen molar-refractivity contribution in [2.75, 3.05) is 33.9 Å². The van der Waals surface area contributed by atoms with Gasteiger partial charge in [0.05, 0.1) is 12.5 Å². The van der Waals surface area contributed by atoms with Crippen molar-refractivity contribution in [1.82, 2.24) is 10.2 Å². The van der Waals surface area contributed by atoms with E-state index in [9.17, 15) is 18.0 Å². The Hall–Kier alpha value is -0.820. The van der Waals surface area contributed by atoms with Crippen LogP contribution in [0.2, 0.25) is 0 Å². The summed E-state index contributed by atoms with van der Waals surface area (Å²) in [6.07, 6.45) is -1.62. The lowest BCUT2D eigenvalue weighted by Crippen LogP contribution is -2.49. The summed E-state index contributed by atoms with van der Waals surface area (Å²) >= 11 is 0. The zero-order valence-corrected chi connectivity index (χ0v) is 12.7. The van der Waals surface area contributed by atoms with Crippen LogP contribution in [-0.4, -0.2) is 56.9 Å². The Balaban J connectivity index is 2.41. The van der Waals surface area contributed by atoms with Gasteiger partial charge in [-0.1, -0.05) is 12.8 Å². The summed E-state index contributed by atoms with van der Waals surface area (Å²) in [7, 11) is 3.38. The number of nitrogens with zero attached hydrogens (tertiary/aromatic N) is 1. The smallest absolute Gasteiger partial charge is 0.385 e. The fourth-order valence-electron chi connectivity index (χ4n) is 2.75. The van der Waals surface area contributed by atoms with E-state index in [1.54, 1.807) is 19.1 Å². The number of halogens is 3. The van der Waals surface area contributed by atoms with Crippen LogP contribution in [0.5, 0.6) is 0 Å². The van der Waals surface area contributed by atoms with Crippen molar-refractivity contribution < 1.29 is 22.7 Å². The molecule has 1 rings (SSSR count). The monoisotopic (exact) mass is 310 g/mol. The van der Waals surface area contributed by atoms with Crippen LogP contribution < -0.4 is 5.32 Å². The standard InChI is InChI=1S/C14H25F3N2O2/c1-19(8-5-9-21-2)10-13(20)18-12-7-4-3-6-11(12)14(15,16)17/h11-12H,3-10H2,1-2H3,(H,18,20). The minimum absolute atomic E-state index is 0.109. The van der Waals surface area contributed by atoms with Gasteiger partial charge in [0.25, 0.3) is 0 Å². The summed E-state index contributed by atoms with van der Waals surface area (Å²) in [6, 6.07) is -0.779. The van der Waals surface area contributed by atoms with Crippen LogP contribution in [-0.2, 0) is 9.53 Å². The van der Waals surface area contributed by atoms with Crippen molar-refractivity contribution in [3.63, 3.8) is 0 Å². The third-order valence-electron chi connectivity index (χ3n) is 3.83. The van der Waals surface area contributed by atoms with Gasteiger partial charge < -0.3 is 10.1 Å². The summed E-state index contributed by atoms with van der Waals surface area (Å²) in [5, 5.41) is 2.56. The number of ether oxygens (including phenoxy) is 1. The first-order valence-corrected chi connectivity index (χ1v) is 7.38. The molecule has 0 radical (unpaired) electrons. The Morgan fingerprint density at radius 3 is 2.62 bits per heavy atom. The first-order chi connectivity index (χ1) is 9.84. The summed E-state index contributed by atoms with van der Waals surface area (Å²) in [4.78, 5) is 13.7. The predicted octanol–water partition coefficient (Wildman–Crippen LogP) is 2.19. The van der Waals surface area contributed by atoms with Crippen molar-refractivity contribution in [3.8, 4) is 0 Å². The van der Waals surface area contributed by atoms with E-state index in [1.165, 1.54) is 0 Å². The molecule has 1 aliphatic carbocycles. The third kappa shape index (κ3) is 6.65. The van der Waals surface area contributed by atoms with Gasteiger partial charge in [-0.05, 0) is 26.3 Å². The summed E-state index contributed by atoms with van der Waals surface area (Å²) in [5.74, 6) is -1.75. The Bertz CT molecular complexity index is 324. The Labute approximate surface area is 124 Å². The van der Waals surface area contributed by atoms with E-state index in [-0.39, 0.29) is 18.9 Å². The predicted molar refractivity (Wildman–Crippen MR) is 73.9 cm³/mol. The summed E-state index contributed by atoms with van der Waals surface area (Å²) < 4.78 is 43.7. The number of methoxy groups -OCH3 is 1. The molecule has 7 heteroatoms. The van der Waals surface area contributed by atoms with Crippen LogP contribution in [0.15, 0.2) is 0 Å². The SMILES string of the molecule is COCCCN(C)CC(=O)NC1CCCCC1C(F)(F)F. The Morgan fingerprint density at radius 1 is 1.33 bits per heavy atom. The lowest BCUT2D eigenvalue weighted by atomic mass is 9.84. The molecule has 0 aromatic heterocycles. The maximum absolute atomic E-state index is 12.9. The third-order valence-corrected chi connectivity index (χ3v) is 3.83. The molecule has 1 aliphatic rings. The van der Waals surface area contributed by atoms with E-state index in [0.29, 0.717) is 26.0 Å². The van der Waals surface area contributed by atoms with E-state index < -0.39 is 18.1 Å². The number of likely N-dealkylation sites (N-methyl/N-ethyl adjacent to an activating group) is 1. The van der Waals surface area contributed by atoms with E-state index >= 15 is 0 Å². The second kappa shape index (κ2) is 8.58. The molecule has 0 spiro atoms. The minimum Gasteiger partial charge on any atom is -0.385 e. The van der Waals surface area contributed by atoms with Gasteiger partial charge in [0.15, 0.2) is 0 Å². The van der Waals surface area contributed by atoms with Crippen LogP contribution in [0.1, 0.15) is 32.1 Å². The zero-order valence-electron chi connectivity index (χ0n) is 12.7. The maximum Gasteiger partial charge on any atom is 0.393 e. The second-order valence-electron chi connectivity index (χ2n) is 5.69. The highest BCUT2D eigenvalue weighted by molar-refractivity contribution is 5.78. The van der Waals surface area contributed by atoms with Crippen molar-refractivity contribution in [3.05, 3.63) is 0 Å².